The number of aliphatic hydroxyl groups is 1. The van der Waals surface area contributed by atoms with Gasteiger partial charge >= 0.3 is 0 Å². The third-order valence-corrected chi connectivity index (χ3v) is 3.12. The smallest absolute Gasteiger partial charge is 0.0443 e. The zero-order chi connectivity index (χ0) is 11.7. The van der Waals surface area contributed by atoms with Crippen LogP contribution in [0.5, 0.6) is 0 Å². The zero-order valence-corrected chi connectivity index (χ0v) is 11.3. The third kappa shape index (κ3) is 8.12. The summed E-state index contributed by atoms with van der Waals surface area (Å²) in [6.07, 6.45) is 3.33. The Bertz CT molecular complexity index is 142. The predicted octanol–water partition coefficient (Wildman–Crippen LogP) is 2.43. The van der Waals surface area contributed by atoms with Crippen molar-refractivity contribution in [1.29, 1.82) is 0 Å². The van der Waals surface area contributed by atoms with Gasteiger partial charge in [-0.3, -0.25) is 0 Å². The molecular weight excluding hydrogens is 206 g/mol. The van der Waals surface area contributed by atoms with Crippen LogP contribution in [0.1, 0.15) is 40.0 Å². The van der Waals surface area contributed by atoms with Gasteiger partial charge in [-0.15, -0.1) is 0 Å². The summed E-state index contributed by atoms with van der Waals surface area (Å²) in [5.74, 6) is 1.75. The molecule has 0 bridgehead atoms. The minimum absolute atomic E-state index is 0.301. The van der Waals surface area contributed by atoms with Crippen LogP contribution in [0.15, 0.2) is 0 Å². The van der Waals surface area contributed by atoms with E-state index in [1.54, 1.807) is 0 Å². The maximum atomic E-state index is 8.82. The SMILES string of the molecule is CC(CCS)CCN(CCCO)C(C)C. The first-order valence-corrected chi connectivity index (χ1v) is 6.70. The molecule has 1 unspecified atom stereocenters. The van der Waals surface area contributed by atoms with E-state index < -0.39 is 0 Å². The van der Waals surface area contributed by atoms with Crippen LogP contribution < -0.4 is 0 Å². The molecule has 0 aliphatic carbocycles. The Labute approximate surface area is 100 Å². The molecule has 0 aromatic heterocycles. The summed E-state index contributed by atoms with van der Waals surface area (Å²) in [5.41, 5.74) is 0. The van der Waals surface area contributed by atoms with Crippen molar-refractivity contribution in [2.45, 2.75) is 46.1 Å². The molecule has 0 saturated heterocycles. The lowest BCUT2D eigenvalue weighted by Crippen LogP contribution is -2.34. The molecule has 15 heavy (non-hydrogen) atoms. The summed E-state index contributed by atoms with van der Waals surface area (Å²) in [5, 5.41) is 8.82. The van der Waals surface area contributed by atoms with E-state index in [0.717, 1.165) is 31.2 Å². The van der Waals surface area contributed by atoms with E-state index in [1.165, 1.54) is 12.8 Å². The Balaban J connectivity index is 3.74. The summed E-state index contributed by atoms with van der Waals surface area (Å²) in [6, 6.07) is 0.583. The van der Waals surface area contributed by atoms with Crippen molar-refractivity contribution in [3.05, 3.63) is 0 Å². The molecular formula is C12H27NOS. The first-order chi connectivity index (χ1) is 7.11. The average Bonchev–Trinajstić information content (AvgIpc) is 2.17. The van der Waals surface area contributed by atoms with E-state index in [4.69, 9.17) is 5.11 Å². The van der Waals surface area contributed by atoms with Gasteiger partial charge in [0.1, 0.15) is 0 Å². The van der Waals surface area contributed by atoms with Gasteiger partial charge in [-0.05, 0) is 51.3 Å². The molecule has 0 radical (unpaired) electrons. The Morgan fingerprint density at radius 1 is 1.13 bits per heavy atom. The highest BCUT2D eigenvalue weighted by molar-refractivity contribution is 7.80. The number of aliphatic hydroxyl groups excluding tert-OH is 1. The Kier molecular flexibility index (Phi) is 9.66. The normalized spacial score (nSPS) is 13.8. The maximum absolute atomic E-state index is 8.82. The summed E-state index contributed by atoms with van der Waals surface area (Å²) in [7, 11) is 0. The monoisotopic (exact) mass is 233 g/mol. The fraction of sp³-hybridized carbons (Fsp3) is 1.00. The lowest BCUT2D eigenvalue weighted by molar-refractivity contribution is 0.182. The topological polar surface area (TPSA) is 23.5 Å². The van der Waals surface area contributed by atoms with Crippen LogP contribution in [0.3, 0.4) is 0 Å². The molecule has 0 saturated carbocycles. The fourth-order valence-corrected chi connectivity index (χ4v) is 2.09. The van der Waals surface area contributed by atoms with Crippen molar-refractivity contribution in [2.75, 3.05) is 25.4 Å². The molecule has 0 spiro atoms. The lowest BCUT2D eigenvalue weighted by atomic mass is 10.0. The van der Waals surface area contributed by atoms with E-state index in [-0.39, 0.29) is 0 Å². The molecule has 1 N–H and O–H groups in total. The number of rotatable bonds is 9. The third-order valence-electron chi connectivity index (χ3n) is 2.86. The molecule has 92 valence electrons. The van der Waals surface area contributed by atoms with Crippen molar-refractivity contribution in [3.8, 4) is 0 Å². The van der Waals surface area contributed by atoms with Gasteiger partial charge in [0.25, 0.3) is 0 Å². The van der Waals surface area contributed by atoms with Crippen LogP contribution in [0, 0.1) is 5.92 Å². The lowest BCUT2D eigenvalue weighted by Gasteiger charge is -2.27. The van der Waals surface area contributed by atoms with Crippen molar-refractivity contribution in [2.24, 2.45) is 5.92 Å². The molecule has 0 fully saturated rings. The minimum atomic E-state index is 0.301. The van der Waals surface area contributed by atoms with Gasteiger partial charge in [-0.25, -0.2) is 0 Å². The Morgan fingerprint density at radius 3 is 2.27 bits per heavy atom. The van der Waals surface area contributed by atoms with E-state index in [0.29, 0.717) is 12.6 Å². The van der Waals surface area contributed by atoms with Gasteiger partial charge in [-0.2, -0.15) is 12.6 Å². The highest BCUT2D eigenvalue weighted by Crippen LogP contribution is 2.11. The molecule has 0 aromatic carbocycles. The van der Waals surface area contributed by atoms with Crippen LogP contribution >= 0.6 is 12.6 Å². The van der Waals surface area contributed by atoms with Gasteiger partial charge in [-0.1, -0.05) is 6.92 Å². The quantitative estimate of drug-likeness (QED) is 0.598. The first kappa shape index (κ1) is 15.3. The van der Waals surface area contributed by atoms with Crippen LogP contribution in [-0.2, 0) is 0 Å². The second-order valence-corrected chi connectivity index (χ2v) is 5.06. The molecule has 0 aliphatic heterocycles. The second kappa shape index (κ2) is 9.49. The Hall–Kier alpha value is 0.270. The average molecular weight is 233 g/mol. The van der Waals surface area contributed by atoms with Crippen LogP contribution in [0.4, 0.5) is 0 Å². The molecule has 0 rings (SSSR count). The van der Waals surface area contributed by atoms with Crippen LogP contribution in [-0.4, -0.2) is 41.5 Å². The highest BCUT2D eigenvalue weighted by Gasteiger charge is 2.10. The van der Waals surface area contributed by atoms with E-state index in [2.05, 4.69) is 38.3 Å². The van der Waals surface area contributed by atoms with Crippen molar-refractivity contribution in [1.82, 2.24) is 4.90 Å². The molecule has 3 heteroatoms. The van der Waals surface area contributed by atoms with Gasteiger partial charge in [0.05, 0.1) is 0 Å². The molecule has 0 heterocycles. The molecule has 1 atom stereocenters. The second-order valence-electron chi connectivity index (χ2n) is 4.61. The summed E-state index contributed by atoms with van der Waals surface area (Å²) < 4.78 is 0. The Morgan fingerprint density at radius 2 is 1.80 bits per heavy atom. The first-order valence-electron chi connectivity index (χ1n) is 6.07. The van der Waals surface area contributed by atoms with Gasteiger partial charge < -0.3 is 10.0 Å². The zero-order valence-electron chi connectivity index (χ0n) is 10.4. The van der Waals surface area contributed by atoms with Crippen molar-refractivity contribution < 1.29 is 5.11 Å². The summed E-state index contributed by atoms with van der Waals surface area (Å²) >= 11 is 4.25. The predicted molar refractivity (Wildman–Crippen MR) is 70.7 cm³/mol. The van der Waals surface area contributed by atoms with E-state index in [1.807, 2.05) is 0 Å². The van der Waals surface area contributed by atoms with Gasteiger partial charge in [0, 0.05) is 19.2 Å². The minimum Gasteiger partial charge on any atom is -0.396 e. The molecule has 0 aromatic rings. The number of nitrogens with zero attached hydrogens (tertiary/aromatic N) is 1. The fourth-order valence-electron chi connectivity index (χ4n) is 1.65. The standard InChI is InChI=1S/C12H27NOS/c1-11(2)13(7-4-9-14)8-5-12(3)6-10-15/h11-12,14-15H,4-10H2,1-3H3. The number of hydrogen-bond donors (Lipinski definition) is 2. The number of hydrogen-bond acceptors (Lipinski definition) is 3. The summed E-state index contributed by atoms with van der Waals surface area (Å²) in [6.45, 7) is 9.20. The number of thiol groups is 1. The van der Waals surface area contributed by atoms with Crippen molar-refractivity contribution in [3.63, 3.8) is 0 Å². The highest BCUT2D eigenvalue weighted by atomic mass is 32.1. The van der Waals surface area contributed by atoms with Crippen LogP contribution in [0.25, 0.3) is 0 Å². The van der Waals surface area contributed by atoms with E-state index >= 15 is 0 Å². The van der Waals surface area contributed by atoms with Gasteiger partial charge in [0.15, 0.2) is 0 Å². The molecule has 0 aliphatic rings. The molecule has 2 nitrogen and oxygen atoms in total. The van der Waals surface area contributed by atoms with Crippen LogP contribution in [0.2, 0.25) is 0 Å². The van der Waals surface area contributed by atoms with E-state index in [9.17, 15) is 0 Å². The summed E-state index contributed by atoms with van der Waals surface area (Å²) in [4.78, 5) is 2.45. The largest absolute Gasteiger partial charge is 0.396 e. The van der Waals surface area contributed by atoms with Gasteiger partial charge in [0.2, 0.25) is 0 Å². The maximum Gasteiger partial charge on any atom is 0.0443 e. The molecule has 0 amide bonds. The van der Waals surface area contributed by atoms with Crippen molar-refractivity contribution >= 4 is 12.6 Å².